The van der Waals surface area contributed by atoms with Gasteiger partial charge < -0.3 is 5.73 Å². The van der Waals surface area contributed by atoms with Gasteiger partial charge in [0.25, 0.3) is 0 Å². The summed E-state index contributed by atoms with van der Waals surface area (Å²) >= 11 is 0. The number of benzene rings is 1. The molecule has 0 saturated carbocycles. The smallest absolute Gasteiger partial charge is 0.122 e. The van der Waals surface area contributed by atoms with E-state index in [4.69, 9.17) is 11.1 Å². The van der Waals surface area contributed by atoms with Crippen LogP contribution in [0.25, 0.3) is 0 Å². The first-order valence-corrected chi connectivity index (χ1v) is 6.75. The molecule has 0 unspecified atom stereocenters. The summed E-state index contributed by atoms with van der Waals surface area (Å²) in [7, 11) is 2.19. The number of nitrogens with one attached hydrogen (secondary N) is 1. The molecule has 19 heavy (non-hydrogen) atoms. The maximum absolute atomic E-state index is 7.39. The molecule has 4 nitrogen and oxygen atoms in total. The van der Waals surface area contributed by atoms with Gasteiger partial charge in [-0.05, 0) is 26.5 Å². The van der Waals surface area contributed by atoms with Crippen molar-refractivity contribution < 1.29 is 0 Å². The lowest BCUT2D eigenvalue weighted by Gasteiger charge is -2.45. The van der Waals surface area contributed by atoms with Crippen molar-refractivity contribution in [3.05, 3.63) is 35.4 Å². The molecule has 0 aliphatic carbocycles. The molecule has 1 aliphatic heterocycles. The van der Waals surface area contributed by atoms with Crippen LogP contribution in [0.2, 0.25) is 0 Å². The normalized spacial score (nSPS) is 20.4. The third kappa shape index (κ3) is 3.33. The molecule has 0 atom stereocenters. The minimum atomic E-state index is 0.132. The van der Waals surface area contributed by atoms with Gasteiger partial charge in [0.05, 0.1) is 0 Å². The highest BCUT2D eigenvalue weighted by Crippen LogP contribution is 2.20. The van der Waals surface area contributed by atoms with Crippen LogP contribution in [0.15, 0.2) is 24.3 Å². The van der Waals surface area contributed by atoms with Crippen LogP contribution in [0.5, 0.6) is 0 Å². The molecule has 3 N–H and O–H groups in total. The van der Waals surface area contributed by atoms with E-state index in [1.807, 2.05) is 12.1 Å². The topological polar surface area (TPSA) is 56.4 Å². The van der Waals surface area contributed by atoms with Gasteiger partial charge in [0.15, 0.2) is 0 Å². The predicted molar refractivity (Wildman–Crippen MR) is 79.4 cm³/mol. The minimum Gasteiger partial charge on any atom is -0.384 e. The summed E-state index contributed by atoms with van der Waals surface area (Å²) in [6.45, 7) is 8.84. The number of nitrogens with zero attached hydrogens (tertiary/aromatic N) is 2. The van der Waals surface area contributed by atoms with Crippen LogP contribution in [0.1, 0.15) is 25.0 Å². The second-order valence-corrected chi connectivity index (χ2v) is 6.06. The summed E-state index contributed by atoms with van der Waals surface area (Å²) in [5.74, 6) is 0.132. The fourth-order valence-electron chi connectivity index (χ4n) is 2.52. The van der Waals surface area contributed by atoms with E-state index >= 15 is 0 Å². The Kier molecular flexibility index (Phi) is 3.92. The monoisotopic (exact) mass is 260 g/mol. The molecule has 0 spiro atoms. The van der Waals surface area contributed by atoms with Crippen LogP contribution < -0.4 is 5.73 Å². The van der Waals surface area contributed by atoms with E-state index in [-0.39, 0.29) is 11.4 Å². The molecule has 0 amide bonds. The van der Waals surface area contributed by atoms with E-state index < -0.39 is 0 Å². The lowest BCUT2D eigenvalue weighted by atomic mass is 9.99. The first kappa shape index (κ1) is 14.0. The summed E-state index contributed by atoms with van der Waals surface area (Å²) < 4.78 is 0. The van der Waals surface area contributed by atoms with Crippen LogP contribution in [0, 0.1) is 5.41 Å². The van der Waals surface area contributed by atoms with Gasteiger partial charge in [0, 0.05) is 37.3 Å². The Morgan fingerprint density at radius 1 is 1.26 bits per heavy atom. The molecule has 1 aliphatic rings. The van der Waals surface area contributed by atoms with E-state index in [1.165, 1.54) is 5.56 Å². The molecule has 0 bridgehead atoms. The molecule has 1 fully saturated rings. The number of nitrogen functional groups attached to an aromatic ring is 1. The summed E-state index contributed by atoms with van der Waals surface area (Å²) in [4.78, 5) is 4.91. The zero-order valence-corrected chi connectivity index (χ0v) is 12.1. The minimum absolute atomic E-state index is 0.132. The van der Waals surface area contributed by atoms with Crippen LogP contribution >= 0.6 is 0 Å². The summed E-state index contributed by atoms with van der Waals surface area (Å²) in [5.41, 5.74) is 7.78. The quantitative estimate of drug-likeness (QED) is 0.639. The molecule has 1 aromatic carbocycles. The van der Waals surface area contributed by atoms with Gasteiger partial charge in [-0.3, -0.25) is 15.2 Å². The highest BCUT2D eigenvalue weighted by molar-refractivity contribution is 5.94. The van der Waals surface area contributed by atoms with Crippen molar-refractivity contribution in [2.24, 2.45) is 5.73 Å². The molecule has 4 heteroatoms. The maximum atomic E-state index is 7.39. The first-order chi connectivity index (χ1) is 8.88. The third-order valence-electron chi connectivity index (χ3n) is 4.07. The molecule has 1 heterocycles. The zero-order chi connectivity index (χ0) is 14.0. The SMILES string of the molecule is CN1CCN(Cc2ccc(C(=N)N)cc2)CC1(C)C. The zero-order valence-electron chi connectivity index (χ0n) is 12.1. The van der Waals surface area contributed by atoms with Gasteiger partial charge in [-0.25, -0.2) is 0 Å². The van der Waals surface area contributed by atoms with Gasteiger partial charge in [0.2, 0.25) is 0 Å². The molecule has 104 valence electrons. The van der Waals surface area contributed by atoms with E-state index in [9.17, 15) is 0 Å². The fraction of sp³-hybridized carbons (Fsp3) is 0.533. The van der Waals surface area contributed by atoms with Gasteiger partial charge in [-0.1, -0.05) is 24.3 Å². The number of rotatable bonds is 3. The Hall–Kier alpha value is -1.39. The first-order valence-electron chi connectivity index (χ1n) is 6.75. The van der Waals surface area contributed by atoms with Crippen LogP contribution in [0.4, 0.5) is 0 Å². The van der Waals surface area contributed by atoms with Crippen molar-refractivity contribution in [1.82, 2.24) is 9.80 Å². The molecular weight excluding hydrogens is 236 g/mol. The van der Waals surface area contributed by atoms with E-state index in [1.54, 1.807) is 0 Å². The molecule has 1 saturated heterocycles. The van der Waals surface area contributed by atoms with Gasteiger partial charge >= 0.3 is 0 Å². The van der Waals surface area contributed by atoms with Crippen LogP contribution in [0.3, 0.4) is 0 Å². The summed E-state index contributed by atoms with van der Waals surface area (Å²) in [6.07, 6.45) is 0. The highest BCUT2D eigenvalue weighted by atomic mass is 15.3. The molecular formula is C15H24N4. The van der Waals surface area contributed by atoms with E-state index in [2.05, 4.69) is 42.8 Å². The summed E-state index contributed by atoms with van der Waals surface area (Å²) in [6, 6.07) is 8.00. The van der Waals surface area contributed by atoms with Gasteiger partial charge in [0.1, 0.15) is 5.84 Å². The number of likely N-dealkylation sites (N-methyl/N-ethyl adjacent to an activating group) is 1. The Morgan fingerprint density at radius 3 is 2.42 bits per heavy atom. The van der Waals surface area contributed by atoms with Crippen LogP contribution in [-0.4, -0.2) is 47.9 Å². The standard InChI is InChI=1S/C15H24N4/c1-15(2)11-19(9-8-18(15)3)10-12-4-6-13(7-5-12)14(16)17/h4-7H,8-11H2,1-3H3,(H3,16,17). The van der Waals surface area contributed by atoms with Crippen molar-refractivity contribution in [2.45, 2.75) is 25.9 Å². The van der Waals surface area contributed by atoms with Crippen molar-refractivity contribution >= 4 is 5.84 Å². The molecule has 1 aromatic rings. The lowest BCUT2D eigenvalue weighted by Crippen LogP contribution is -2.57. The Bertz CT molecular complexity index is 450. The summed E-state index contributed by atoms with van der Waals surface area (Å²) in [5, 5.41) is 7.39. The van der Waals surface area contributed by atoms with Crippen molar-refractivity contribution in [3.63, 3.8) is 0 Å². The number of amidine groups is 1. The molecule has 0 aromatic heterocycles. The Morgan fingerprint density at radius 2 is 1.89 bits per heavy atom. The van der Waals surface area contributed by atoms with Gasteiger partial charge in [-0.2, -0.15) is 0 Å². The van der Waals surface area contributed by atoms with Crippen LogP contribution in [-0.2, 0) is 6.54 Å². The Labute approximate surface area is 115 Å². The number of nitrogens with two attached hydrogens (primary N) is 1. The fourth-order valence-corrected chi connectivity index (χ4v) is 2.52. The lowest BCUT2D eigenvalue weighted by molar-refractivity contribution is 0.0360. The predicted octanol–water partition coefficient (Wildman–Crippen LogP) is 1.50. The second-order valence-electron chi connectivity index (χ2n) is 6.06. The van der Waals surface area contributed by atoms with Crippen molar-refractivity contribution in [1.29, 1.82) is 5.41 Å². The van der Waals surface area contributed by atoms with E-state index in [0.29, 0.717) is 0 Å². The molecule has 2 rings (SSSR count). The number of piperazine rings is 1. The van der Waals surface area contributed by atoms with Crippen molar-refractivity contribution in [3.8, 4) is 0 Å². The van der Waals surface area contributed by atoms with E-state index in [0.717, 1.165) is 31.7 Å². The number of hydrogen-bond acceptors (Lipinski definition) is 3. The second kappa shape index (κ2) is 5.31. The molecule has 0 radical (unpaired) electrons. The van der Waals surface area contributed by atoms with Crippen molar-refractivity contribution in [2.75, 3.05) is 26.7 Å². The van der Waals surface area contributed by atoms with Gasteiger partial charge in [-0.15, -0.1) is 0 Å². The largest absolute Gasteiger partial charge is 0.384 e. The average molecular weight is 260 g/mol. The highest BCUT2D eigenvalue weighted by Gasteiger charge is 2.30. The Balaban J connectivity index is 2.00. The maximum Gasteiger partial charge on any atom is 0.122 e. The third-order valence-corrected chi connectivity index (χ3v) is 4.07. The number of hydrogen-bond donors (Lipinski definition) is 2. The average Bonchev–Trinajstić information content (AvgIpc) is 2.34.